The van der Waals surface area contributed by atoms with E-state index >= 15 is 0 Å². The molecule has 0 aromatic heterocycles. The second-order valence-electron chi connectivity index (χ2n) is 16.1. The van der Waals surface area contributed by atoms with Gasteiger partial charge in [0.2, 0.25) is 17.6 Å². The summed E-state index contributed by atoms with van der Waals surface area (Å²) in [4.78, 5) is 81.5. The van der Waals surface area contributed by atoms with Crippen molar-refractivity contribution in [3.63, 3.8) is 0 Å². The molecule has 1 saturated heterocycles. The molecule has 15 heteroatoms. The van der Waals surface area contributed by atoms with Crippen LogP contribution in [0.4, 0.5) is 18.0 Å². The summed E-state index contributed by atoms with van der Waals surface area (Å²) in [6, 6.07) is -6.41. The van der Waals surface area contributed by atoms with Gasteiger partial charge in [-0.1, -0.05) is 47.6 Å². The van der Waals surface area contributed by atoms with Crippen LogP contribution in [-0.4, -0.2) is 90.4 Å². The molecule has 0 aromatic rings. The van der Waals surface area contributed by atoms with Crippen molar-refractivity contribution in [1.29, 1.82) is 0 Å². The van der Waals surface area contributed by atoms with Gasteiger partial charge in [-0.3, -0.25) is 19.2 Å². The van der Waals surface area contributed by atoms with Crippen LogP contribution in [0.5, 0.6) is 0 Å². The third-order valence-corrected chi connectivity index (χ3v) is 9.15. The molecule has 12 nitrogen and oxygen atoms in total. The number of rotatable bonds is 15. The quantitative estimate of drug-likeness (QED) is 0.0867. The first-order valence-corrected chi connectivity index (χ1v) is 17.2. The Morgan fingerprint density at radius 2 is 1.49 bits per heavy atom. The van der Waals surface area contributed by atoms with Crippen molar-refractivity contribution >= 4 is 35.5 Å². The minimum atomic E-state index is -4.70. The molecule has 286 valence electrons. The second-order valence-corrected chi connectivity index (χ2v) is 16.1. The van der Waals surface area contributed by atoms with E-state index in [-0.39, 0.29) is 26.1 Å². The Hall–Kier alpha value is -4.09. The second kappa shape index (κ2) is 17.0. The summed E-state index contributed by atoms with van der Waals surface area (Å²) >= 11 is 0. The van der Waals surface area contributed by atoms with Crippen LogP contribution in [-0.2, 0) is 28.7 Å². The first kappa shape index (κ1) is 43.1. The van der Waals surface area contributed by atoms with Gasteiger partial charge < -0.3 is 30.9 Å². The number of ether oxygens (including phenoxy) is 1. The number of urea groups is 1. The van der Waals surface area contributed by atoms with E-state index in [1.807, 2.05) is 0 Å². The normalized spacial score (nSPS) is 19.8. The lowest BCUT2D eigenvalue weighted by atomic mass is 9.75. The molecule has 5 atom stereocenters. The Kier molecular flexibility index (Phi) is 14.3. The molecule has 2 fully saturated rings. The zero-order valence-corrected chi connectivity index (χ0v) is 30.9. The highest BCUT2D eigenvalue weighted by Gasteiger charge is 2.51. The van der Waals surface area contributed by atoms with E-state index in [9.17, 15) is 41.9 Å². The maximum absolute atomic E-state index is 14.4. The number of carbonyl (C=O) groups is 6. The molecule has 1 aliphatic carbocycles. The van der Waals surface area contributed by atoms with Crippen LogP contribution in [0.25, 0.3) is 0 Å². The number of hydrogen-bond donors (Lipinski definition) is 4. The zero-order chi connectivity index (χ0) is 39.1. The number of nitrogens with zero attached hydrogens (tertiary/aromatic N) is 1. The van der Waals surface area contributed by atoms with E-state index in [0.29, 0.717) is 5.92 Å². The highest BCUT2D eigenvalue weighted by Crippen LogP contribution is 2.40. The lowest BCUT2D eigenvalue weighted by molar-refractivity contribution is -0.149. The lowest BCUT2D eigenvalue weighted by Gasteiger charge is -2.38. The molecular weight excluding hydrogens is 671 g/mol. The highest BCUT2D eigenvalue weighted by atomic mass is 19.4. The Labute approximate surface area is 298 Å². The smallest absolute Gasteiger partial charge is 0.389 e. The fraction of sp³-hybridized carbons (Fsp3) is 0.722. The van der Waals surface area contributed by atoms with Gasteiger partial charge in [0, 0.05) is 30.8 Å². The first-order chi connectivity index (χ1) is 23.3. The number of Topliss-reactive ketones (excluding diaryl/α,β-unsaturated/α-hetero) is 1. The molecule has 1 unspecified atom stereocenters. The van der Waals surface area contributed by atoms with Crippen LogP contribution in [0.15, 0.2) is 12.7 Å². The molecule has 51 heavy (non-hydrogen) atoms. The number of esters is 1. The molecule has 0 bridgehead atoms. The average Bonchev–Trinajstić information content (AvgIpc) is 3.74. The minimum Gasteiger partial charge on any atom is -0.464 e. The van der Waals surface area contributed by atoms with Crippen molar-refractivity contribution in [3.8, 4) is 12.3 Å². The number of carbonyl (C=O) groups excluding carboxylic acids is 6. The summed E-state index contributed by atoms with van der Waals surface area (Å²) < 4.78 is 45.2. The van der Waals surface area contributed by atoms with Gasteiger partial charge in [-0.05, 0) is 56.3 Å². The van der Waals surface area contributed by atoms with E-state index in [4.69, 9.17) is 11.2 Å². The number of hydrogen-bond acceptors (Lipinski definition) is 7. The maximum atomic E-state index is 14.4. The topological polar surface area (TPSA) is 163 Å². The summed E-state index contributed by atoms with van der Waals surface area (Å²) in [5.41, 5.74) is -2.71. The molecule has 2 aliphatic rings. The molecule has 0 radical (unpaired) electrons. The molecule has 5 amide bonds. The highest BCUT2D eigenvalue weighted by molar-refractivity contribution is 6.38. The number of ketones is 1. The summed E-state index contributed by atoms with van der Waals surface area (Å²) in [5, 5.41) is 9.82. The van der Waals surface area contributed by atoms with Gasteiger partial charge in [-0.25, -0.2) is 9.59 Å². The number of alkyl halides is 3. The maximum Gasteiger partial charge on any atom is 0.389 e. The van der Waals surface area contributed by atoms with Crippen LogP contribution in [0.1, 0.15) is 87.5 Å². The van der Waals surface area contributed by atoms with Gasteiger partial charge in [0.15, 0.2) is 0 Å². The molecule has 0 aromatic carbocycles. The Bertz CT molecular complexity index is 1370. The number of halogens is 3. The molecule has 1 aliphatic heterocycles. The first-order valence-electron chi connectivity index (χ1n) is 17.2. The summed E-state index contributed by atoms with van der Waals surface area (Å²) in [5.74, 6) is -2.61. The van der Waals surface area contributed by atoms with Crippen molar-refractivity contribution in [2.24, 2.45) is 28.1 Å². The predicted octanol–water partition coefficient (Wildman–Crippen LogP) is 3.64. The Morgan fingerprint density at radius 3 is 1.98 bits per heavy atom. The summed E-state index contributed by atoms with van der Waals surface area (Å²) in [6.45, 7) is 17.1. The van der Waals surface area contributed by atoms with E-state index in [2.05, 4.69) is 33.8 Å². The van der Waals surface area contributed by atoms with E-state index in [1.54, 1.807) is 55.4 Å². The SMILES string of the molecule is C#CC(C)(C)[C@H]1CCN(C(=O)[C@@H](NC(=O)N[C@H](C(=O)OCC2CC2)C(C)(C)C)C(C)(C)C)[C@@H]1C(=O)NC(CCC(F)(F)F)C(=O)C(=O)NCC=C. The monoisotopic (exact) mass is 725 g/mol. The van der Waals surface area contributed by atoms with E-state index in [1.165, 1.54) is 11.0 Å². The molecule has 4 N–H and O–H groups in total. The molecule has 1 heterocycles. The van der Waals surface area contributed by atoms with Gasteiger partial charge >= 0.3 is 18.2 Å². The van der Waals surface area contributed by atoms with Crippen LogP contribution in [0.3, 0.4) is 0 Å². The van der Waals surface area contributed by atoms with E-state index < -0.39 is 101 Å². The Balaban J connectivity index is 2.43. The molecular formula is C36H54F3N5O7. The van der Waals surface area contributed by atoms with Gasteiger partial charge in [-0.2, -0.15) is 13.2 Å². The number of nitrogens with one attached hydrogen (secondary N) is 4. The molecule has 2 rings (SSSR count). The average molecular weight is 726 g/mol. The van der Waals surface area contributed by atoms with Crippen LogP contribution < -0.4 is 21.3 Å². The minimum absolute atomic E-state index is 0.0122. The molecule has 0 spiro atoms. The molecule has 1 saturated carbocycles. The number of amides is 5. The fourth-order valence-electron chi connectivity index (χ4n) is 5.79. The number of terminal acetylenes is 1. The van der Waals surface area contributed by atoms with Crippen molar-refractivity contribution < 1.29 is 46.7 Å². The van der Waals surface area contributed by atoms with Crippen molar-refractivity contribution in [2.75, 3.05) is 19.7 Å². The predicted molar refractivity (Wildman–Crippen MR) is 183 cm³/mol. The largest absolute Gasteiger partial charge is 0.464 e. The van der Waals surface area contributed by atoms with Gasteiger partial charge in [0.25, 0.3) is 5.91 Å². The van der Waals surface area contributed by atoms with Crippen molar-refractivity contribution in [1.82, 2.24) is 26.2 Å². The van der Waals surface area contributed by atoms with Crippen molar-refractivity contribution in [3.05, 3.63) is 12.7 Å². The van der Waals surface area contributed by atoms with Gasteiger partial charge in [0.05, 0.1) is 12.6 Å². The standard InChI is InChI=1S/C36H54F3N5O7/c1-11-18-40-29(47)25(45)23(15-17-36(37,38)39)41-28(46)24-22(35(9,10)12-2)16-19-44(24)30(48)26(33(3,4)5)42-32(50)43-27(34(6,7)8)31(49)51-20-21-13-14-21/h2,11,21-24,26-27H,1,13-20H2,3-10H3,(H,40,47)(H,41,46)(H2,42,43,50)/t22-,23?,24-,26+,27+/m0/s1. The third-order valence-electron chi connectivity index (χ3n) is 9.15. The van der Waals surface area contributed by atoms with Crippen LogP contribution in [0.2, 0.25) is 0 Å². The van der Waals surface area contributed by atoms with Crippen LogP contribution >= 0.6 is 0 Å². The zero-order valence-electron chi connectivity index (χ0n) is 30.9. The van der Waals surface area contributed by atoms with Gasteiger partial charge in [-0.15, -0.1) is 18.9 Å². The van der Waals surface area contributed by atoms with Crippen molar-refractivity contribution in [2.45, 2.75) is 118 Å². The Morgan fingerprint density at radius 1 is 0.922 bits per heavy atom. The number of likely N-dealkylation sites (tertiary alicyclic amines) is 1. The van der Waals surface area contributed by atoms with E-state index in [0.717, 1.165) is 12.8 Å². The fourth-order valence-corrected chi connectivity index (χ4v) is 5.79. The lowest BCUT2D eigenvalue weighted by Crippen LogP contribution is -2.62. The van der Waals surface area contributed by atoms with Crippen LogP contribution in [0, 0.1) is 40.4 Å². The summed E-state index contributed by atoms with van der Waals surface area (Å²) in [6.07, 6.45) is 2.12. The van der Waals surface area contributed by atoms with Gasteiger partial charge in [0.1, 0.15) is 18.1 Å². The third kappa shape index (κ3) is 12.6. The summed E-state index contributed by atoms with van der Waals surface area (Å²) in [7, 11) is 0.